The molecule has 8 rings (SSSR count). The first kappa shape index (κ1) is 51.6. The molecule has 66 heavy (non-hydrogen) atoms. The molecule has 0 radical (unpaired) electrons. The fraction of sp³-hybridized carbons (Fsp3) is 0.154. The van der Waals surface area contributed by atoms with E-state index in [1.807, 2.05) is 91.0 Å². The molecular formula is C52H52BBrCl2O6P4. The van der Waals surface area contributed by atoms with Gasteiger partial charge in [0.15, 0.2) is 0 Å². The Hall–Kier alpha value is -3.76. The first-order chi connectivity index (χ1) is 30.8. The van der Waals surface area contributed by atoms with Gasteiger partial charge in [0.05, 0.1) is 0 Å². The molecule has 0 amide bonds. The predicted octanol–water partition coefficient (Wildman–Crippen LogP) is 13.1. The lowest BCUT2D eigenvalue weighted by Crippen LogP contribution is -2.29. The van der Waals surface area contributed by atoms with E-state index in [0.29, 0.717) is 15.5 Å². The maximum absolute atomic E-state index is 12.9. The monoisotopic (exact) mass is 1060 g/mol. The molecule has 6 nitrogen and oxygen atoms in total. The van der Waals surface area contributed by atoms with Crippen LogP contribution in [0.1, 0.15) is 0 Å². The molecule has 0 saturated carbocycles. The van der Waals surface area contributed by atoms with E-state index in [-0.39, 0.29) is 0 Å². The fourth-order valence-electron chi connectivity index (χ4n) is 7.33. The molecule has 0 aliphatic rings. The third kappa shape index (κ3) is 12.9. The normalized spacial score (nSPS) is 12.0. The van der Waals surface area contributed by atoms with Crippen LogP contribution in [0.5, 0.6) is 0 Å². The minimum absolute atomic E-state index is 0.449. The van der Waals surface area contributed by atoms with Crippen molar-refractivity contribution in [3.05, 3.63) is 172 Å². The largest absolute Gasteiger partial charge is 0.488 e. The topological polar surface area (TPSA) is 109 Å². The second-order valence-electron chi connectivity index (χ2n) is 17.7. The van der Waals surface area contributed by atoms with Gasteiger partial charge in [0.25, 0.3) is 0 Å². The van der Waals surface area contributed by atoms with Crippen molar-refractivity contribution < 1.29 is 28.3 Å². The van der Waals surface area contributed by atoms with Gasteiger partial charge in [-0.2, -0.15) is 0 Å². The van der Waals surface area contributed by atoms with Gasteiger partial charge in [-0.25, -0.2) is 0 Å². The van der Waals surface area contributed by atoms with Crippen LogP contribution in [0.25, 0.3) is 54.9 Å². The number of hydrogen-bond acceptors (Lipinski definition) is 6. The molecule has 0 bridgehead atoms. The van der Waals surface area contributed by atoms with Gasteiger partial charge >= 0.3 is 7.12 Å². The maximum atomic E-state index is 12.9. The van der Waals surface area contributed by atoms with Crippen molar-refractivity contribution in [1.82, 2.24) is 0 Å². The minimum Gasteiger partial charge on any atom is -0.423 e. The molecular weight excluding hydrogens is 1010 g/mol. The van der Waals surface area contributed by atoms with Crippen LogP contribution in [0.3, 0.4) is 0 Å². The third-order valence-corrected chi connectivity index (χ3v) is 18.2. The highest BCUT2D eigenvalue weighted by molar-refractivity contribution is 9.10. The molecule has 0 spiro atoms. The molecule has 0 aliphatic carbocycles. The van der Waals surface area contributed by atoms with Crippen molar-refractivity contribution >= 4 is 123 Å². The minimum atomic E-state index is -2.52. The third-order valence-electron chi connectivity index (χ3n) is 11.0. The Morgan fingerprint density at radius 1 is 0.394 bits per heavy atom. The highest BCUT2D eigenvalue weighted by Gasteiger charge is 2.22. The Morgan fingerprint density at radius 2 is 0.697 bits per heavy atom. The van der Waals surface area contributed by atoms with Crippen LogP contribution in [-0.2, 0) is 18.3 Å². The van der Waals surface area contributed by atoms with Crippen LogP contribution < -0.4 is 26.7 Å². The van der Waals surface area contributed by atoms with Gasteiger partial charge in [-0.1, -0.05) is 130 Å². The van der Waals surface area contributed by atoms with Crippen molar-refractivity contribution in [1.29, 1.82) is 0 Å². The van der Waals surface area contributed by atoms with Gasteiger partial charge in [0.2, 0.25) is 0 Å². The van der Waals surface area contributed by atoms with E-state index < -0.39 is 35.7 Å². The van der Waals surface area contributed by atoms with Gasteiger partial charge in [0, 0.05) is 35.7 Å². The summed E-state index contributed by atoms with van der Waals surface area (Å²) in [6.45, 7) is 14.1. The molecule has 8 aromatic carbocycles. The number of hydrogen-bond donors (Lipinski definition) is 2. The van der Waals surface area contributed by atoms with Crippen LogP contribution in [0.2, 0.25) is 10.0 Å². The molecule has 0 saturated heterocycles. The quantitative estimate of drug-likeness (QED) is 0.116. The average molecular weight is 1060 g/mol. The number of halogens is 3. The van der Waals surface area contributed by atoms with E-state index >= 15 is 0 Å². The van der Waals surface area contributed by atoms with Gasteiger partial charge in [-0.15, -0.1) is 0 Å². The van der Waals surface area contributed by atoms with Crippen molar-refractivity contribution in [2.45, 2.75) is 0 Å². The summed E-state index contributed by atoms with van der Waals surface area (Å²) in [7, 11) is -11.4. The maximum Gasteiger partial charge on any atom is 0.488 e. The van der Waals surface area contributed by atoms with Gasteiger partial charge in [0.1, 0.15) is 28.6 Å². The standard InChI is InChI=1S/C26H25ClO2P2.C20H21BrO2P2.C6H6BClO2/c1-30(2,28)21-15-19(16-22(17-21)31(3,4)29)24-14-13-23(18-9-11-20(27)12-10-18)25-7-5-6-8-26(24)25;1-24(2,22)15-11-14(12-16(13-15)25(3,4)23)17-9-10-20(21)19-8-6-5-7-18(17)19;8-6-3-1-5(2-4-6)7(9)10/h5-17H,1-4H3;5-13H,1-4H3;1-4,9-10H. The van der Waals surface area contributed by atoms with Crippen LogP contribution in [-0.4, -0.2) is 70.5 Å². The lowest BCUT2D eigenvalue weighted by atomic mass is 9.81. The Kier molecular flexibility index (Phi) is 16.3. The summed E-state index contributed by atoms with van der Waals surface area (Å²) >= 11 is 15.2. The van der Waals surface area contributed by atoms with E-state index in [9.17, 15) is 18.3 Å². The molecule has 2 N–H and O–H groups in total. The second kappa shape index (κ2) is 20.9. The Bertz CT molecular complexity index is 3180. The molecule has 0 heterocycles. The average Bonchev–Trinajstić information content (AvgIpc) is 3.26. The van der Waals surface area contributed by atoms with Gasteiger partial charge in [-0.3, -0.25) is 0 Å². The van der Waals surface area contributed by atoms with Crippen LogP contribution in [0, 0.1) is 0 Å². The van der Waals surface area contributed by atoms with Gasteiger partial charge < -0.3 is 28.3 Å². The van der Waals surface area contributed by atoms with Crippen LogP contribution in [0.15, 0.2) is 162 Å². The molecule has 0 atom stereocenters. The number of fused-ring (bicyclic) bond motifs is 2. The lowest BCUT2D eigenvalue weighted by Gasteiger charge is -2.17. The molecule has 8 aromatic rings. The van der Waals surface area contributed by atoms with E-state index in [1.54, 1.807) is 77.6 Å². The molecule has 340 valence electrons. The van der Waals surface area contributed by atoms with Gasteiger partial charge in [-0.05, 0) is 180 Å². The summed E-state index contributed by atoms with van der Waals surface area (Å²) in [5.74, 6) is 0. The smallest absolute Gasteiger partial charge is 0.423 e. The fourth-order valence-corrected chi connectivity index (χ4v) is 11.9. The van der Waals surface area contributed by atoms with Crippen molar-refractivity contribution in [2.24, 2.45) is 0 Å². The first-order valence-corrected chi connectivity index (χ1v) is 32.9. The zero-order chi connectivity index (χ0) is 48.4. The highest BCUT2D eigenvalue weighted by Crippen LogP contribution is 2.44. The summed E-state index contributed by atoms with van der Waals surface area (Å²) in [5, 5.41) is 26.1. The SMILES string of the molecule is CP(C)(=O)c1cc(-c2ccc(-c3ccc(Cl)cc3)c3ccccc23)cc(P(C)(C)=O)c1.CP(C)(=O)c1cc(-c2ccc(Br)c3ccccc23)cc(P(C)(C)=O)c1.OB(O)c1ccc(Cl)cc1. The molecule has 0 aliphatic heterocycles. The van der Waals surface area contributed by atoms with E-state index in [0.717, 1.165) is 80.6 Å². The first-order valence-electron chi connectivity index (χ1n) is 20.9. The molecule has 14 heteroatoms. The number of rotatable bonds is 8. The predicted molar refractivity (Wildman–Crippen MR) is 295 cm³/mol. The van der Waals surface area contributed by atoms with E-state index in [2.05, 4.69) is 58.4 Å². The van der Waals surface area contributed by atoms with Crippen molar-refractivity contribution in [3.63, 3.8) is 0 Å². The zero-order valence-electron chi connectivity index (χ0n) is 38.0. The summed E-state index contributed by atoms with van der Waals surface area (Å²) in [6.07, 6.45) is 0. The second-order valence-corrected chi connectivity index (χ2v) is 32.3. The Labute approximate surface area is 407 Å². The van der Waals surface area contributed by atoms with E-state index in [1.165, 1.54) is 0 Å². The molecule has 0 unspecified atom stereocenters. The summed E-state index contributed by atoms with van der Waals surface area (Å²) in [6, 6.07) is 50.6. The summed E-state index contributed by atoms with van der Waals surface area (Å²) in [4.78, 5) is 0. The van der Waals surface area contributed by atoms with Crippen molar-refractivity contribution in [2.75, 3.05) is 53.3 Å². The molecule has 0 fully saturated rings. The summed E-state index contributed by atoms with van der Waals surface area (Å²) in [5.41, 5.74) is 6.68. The Balaban J connectivity index is 0.000000183. The lowest BCUT2D eigenvalue weighted by molar-refractivity contribution is 0.425. The zero-order valence-corrected chi connectivity index (χ0v) is 44.7. The van der Waals surface area contributed by atoms with E-state index in [4.69, 9.17) is 33.2 Å². The number of benzene rings is 8. The van der Waals surface area contributed by atoms with Crippen LogP contribution >= 0.6 is 67.7 Å². The molecule has 0 aromatic heterocycles. The highest BCUT2D eigenvalue weighted by atomic mass is 79.9. The summed E-state index contributed by atoms with van der Waals surface area (Å²) < 4.78 is 52.3. The van der Waals surface area contributed by atoms with Crippen molar-refractivity contribution in [3.8, 4) is 33.4 Å². The Morgan fingerprint density at radius 3 is 1.05 bits per heavy atom. The van der Waals surface area contributed by atoms with Crippen LogP contribution in [0.4, 0.5) is 0 Å².